The fourth-order valence-corrected chi connectivity index (χ4v) is 1.84. The number of nitrogens with zero attached hydrogens (tertiary/aromatic N) is 1. The van der Waals surface area contributed by atoms with Gasteiger partial charge in [0.1, 0.15) is 0 Å². The van der Waals surface area contributed by atoms with Crippen molar-refractivity contribution >= 4 is 0 Å². The summed E-state index contributed by atoms with van der Waals surface area (Å²) in [6.45, 7) is 3.97. The number of methoxy groups -OCH3 is 1. The first-order valence-electron chi connectivity index (χ1n) is 6.80. The first-order valence-corrected chi connectivity index (χ1v) is 6.80. The Balaban J connectivity index is 2.07. The maximum atomic E-state index is 5.78. The van der Waals surface area contributed by atoms with Crippen molar-refractivity contribution in [1.29, 1.82) is 0 Å². The maximum absolute atomic E-state index is 5.78. The molecule has 0 spiro atoms. The molecule has 0 saturated heterocycles. The predicted molar refractivity (Wildman–Crippen MR) is 79.3 cm³/mol. The first kappa shape index (κ1) is 14.3. The van der Waals surface area contributed by atoms with Crippen LogP contribution >= 0.6 is 0 Å². The number of hydrogen-bond donors (Lipinski definition) is 1. The Morgan fingerprint density at radius 1 is 1.15 bits per heavy atom. The summed E-state index contributed by atoms with van der Waals surface area (Å²) < 4.78 is 11.0. The van der Waals surface area contributed by atoms with Gasteiger partial charge in [0.15, 0.2) is 11.5 Å². The molecule has 0 aliphatic carbocycles. The Bertz CT molecular complexity index is 544. The van der Waals surface area contributed by atoms with Crippen LogP contribution < -0.4 is 14.8 Å². The van der Waals surface area contributed by atoms with Crippen LogP contribution in [0.5, 0.6) is 17.4 Å². The van der Waals surface area contributed by atoms with Gasteiger partial charge in [-0.2, -0.15) is 0 Å². The van der Waals surface area contributed by atoms with Crippen LogP contribution in [0.15, 0.2) is 42.6 Å². The van der Waals surface area contributed by atoms with Gasteiger partial charge in [-0.25, -0.2) is 4.98 Å². The van der Waals surface area contributed by atoms with E-state index in [4.69, 9.17) is 9.47 Å². The maximum Gasteiger partial charge on any atom is 0.219 e. The van der Waals surface area contributed by atoms with Crippen molar-refractivity contribution in [3.05, 3.63) is 48.2 Å². The van der Waals surface area contributed by atoms with Gasteiger partial charge < -0.3 is 14.8 Å². The van der Waals surface area contributed by atoms with Crippen LogP contribution in [0.1, 0.15) is 18.9 Å². The molecule has 0 amide bonds. The summed E-state index contributed by atoms with van der Waals surface area (Å²) >= 11 is 0. The van der Waals surface area contributed by atoms with Gasteiger partial charge in [-0.3, -0.25) is 0 Å². The lowest BCUT2D eigenvalue weighted by Crippen LogP contribution is -2.13. The molecular formula is C16H20N2O2. The normalized spacial score (nSPS) is 10.3. The fourth-order valence-electron chi connectivity index (χ4n) is 1.84. The van der Waals surface area contributed by atoms with Gasteiger partial charge in [0.2, 0.25) is 5.88 Å². The van der Waals surface area contributed by atoms with E-state index in [2.05, 4.69) is 17.2 Å². The summed E-state index contributed by atoms with van der Waals surface area (Å²) in [4.78, 5) is 4.23. The zero-order chi connectivity index (χ0) is 14.2. The van der Waals surface area contributed by atoms with Crippen molar-refractivity contribution in [2.45, 2.75) is 19.9 Å². The third-order valence-corrected chi connectivity index (χ3v) is 2.84. The molecule has 0 radical (unpaired) electrons. The standard InChI is InChI=1S/C16H20N2O2/c1-3-9-17-12-13-8-10-18-16(11-13)20-15-7-5-4-6-14(15)19-2/h4-8,10-11,17H,3,9,12H2,1-2H3. The monoisotopic (exact) mass is 272 g/mol. The number of hydrogen-bond acceptors (Lipinski definition) is 4. The second-order valence-electron chi connectivity index (χ2n) is 4.43. The average molecular weight is 272 g/mol. The van der Waals surface area contributed by atoms with E-state index in [1.807, 2.05) is 36.4 Å². The number of rotatable bonds is 7. The lowest BCUT2D eigenvalue weighted by Gasteiger charge is -2.10. The smallest absolute Gasteiger partial charge is 0.219 e. The van der Waals surface area contributed by atoms with Crippen LogP contribution in [0.25, 0.3) is 0 Å². The van der Waals surface area contributed by atoms with Gasteiger partial charge in [-0.15, -0.1) is 0 Å². The highest BCUT2D eigenvalue weighted by Gasteiger charge is 2.05. The van der Waals surface area contributed by atoms with Gasteiger partial charge in [0.25, 0.3) is 0 Å². The van der Waals surface area contributed by atoms with Crippen molar-refractivity contribution in [3.8, 4) is 17.4 Å². The molecule has 0 aliphatic rings. The Morgan fingerprint density at radius 2 is 1.95 bits per heavy atom. The molecule has 0 saturated carbocycles. The van der Waals surface area contributed by atoms with E-state index < -0.39 is 0 Å². The highest BCUT2D eigenvalue weighted by Crippen LogP contribution is 2.30. The van der Waals surface area contributed by atoms with Crippen molar-refractivity contribution in [2.24, 2.45) is 0 Å². The molecular weight excluding hydrogens is 252 g/mol. The third kappa shape index (κ3) is 3.96. The Morgan fingerprint density at radius 3 is 2.70 bits per heavy atom. The van der Waals surface area contributed by atoms with Crippen LogP contribution in [0.2, 0.25) is 0 Å². The van der Waals surface area contributed by atoms with Crippen molar-refractivity contribution in [2.75, 3.05) is 13.7 Å². The predicted octanol–water partition coefficient (Wildman–Crippen LogP) is 3.38. The molecule has 0 bridgehead atoms. The molecule has 0 atom stereocenters. The quantitative estimate of drug-likeness (QED) is 0.785. The molecule has 0 aliphatic heterocycles. The van der Waals surface area contributed by atoms with Crippen LogP contribution in [-0.2, 0) is 6.54 Å². The lowest BCUT2D eigenvalue weighted by molar-refractivity contribution is 0.374. The number of ether oxygens (including phenoxy) is 2. The molecule has 1 aromatic heterocycles. The fraction of sp³-hybridized carbons (Fsp3) is 0.312. The Kier molecular flexibility index (Phi) is 5.38. The number of nitrogens with one attached hydrogen (secondary N) is 1. The SMILES string of the molecule is CCCNCc1ccnc(Oc2ccccc2OC)c1. The van der Waals surface area contributed by atoms with E-state index in [1.165, 1.54) is 0 Å². The van der Waals surface area contributed by atoms with Crippen LogP contribution in [0.4, 0.5) is 0 Å². The largest absolute Gasteiger partial charge is 0.493 e. The summed E-state index contributed by atoms with van der Waals surface area (Å²) in [6.07, 6.45) is 2.88. The van der Waals surface area contributed by atoms with Gasteiger partial charge in [0, 0.05) is 18.8 Å². The minimum Gasteiger partial charge on any atom is -0.493 e. The summed E-state index contributed by atoms with van der Waals surface area (Å²) in [6, 6.07) is 11.5. The zero-order valence-electron chi connectivity index (χ0n) is 11.9. The van der Waals surface area contributed by atoms with Crippen molar-refractivity contribution < 1.29 is 9.47 Å². The second kappa shape index (κ2) is 7.50. The molecule has 0 unspecified atom stereocenters. The summed E-state index contributed by atoms with van der Waals surface area (Å²) in [7, 11) is 1.63. The number of para-hydroxylation sites is 2. The minimum atomic E-state index is 0.574. The van der Waals surface area contributed by atoms with Crippen LogP contribution in [-0.4, -0.2) is 18.6 Å². The molecule has 106 valence electrons. The first-order chi connectivity index (χ1) is 9.83. The molecule has 1 N–H and O–H groups in total. The van der Waals surface area contributed by atoms with Crippen molar-refractivity contribution in [1.82, 2.24) is 10.3 Å². The molecule has 1 heterocycles. The zero-order valence-corrected chi connectivity index (χ0v) is 11.9. The van der Waals surface area contributed by atoms with Gasteiger partial charge in [0.05, 0.1) is 7.11 Å². The van der Waals surface area contributed by atoms with E-state index in [9.17, 15) is 0 Å². The summed E-state index contributed by atoms with van der Waals surface area (Å²) in [5.41, 5.74) is 1.15. The molecule has 4 nitrogen and oxygen atoms in total. The molecule has 0 fully saturated rings. The van der Waals surface area contributed by atoms with Gasteiger partial charge >= 0.3 is 0 Å². The van der Waals surface area contributed by atoms with E-state index >= 15 is 0 Å². The topological polar surface area (TPSA) is 43.4 Å². The summed E-state index contributed by atoms with van der Waals surface area (Å²) in [5.74, 6) is 1.94. The van der Waals surface area contributed by atoms with Crippen molar-refractivity contribution in [3.63, 3.8) is 0 Å². The number of aromatic nitrogens is 1. The average Bonchev–Trinajstić information content (AvgIpc) is 2.48. The number of benzene rings is 1. The Hall–Kier alpha value is -2.07. The van der Waals surface area contributed by atoms with E-state index in [1.54, 1.807) is 13.3 Å². The van der Waals surface area contributed by atoms with Gasteiger partial charge in [-0.1, -0.05) is 19.1 Å². The molecule has 1 aromatic carbocycles. The van der Waals surface area contributed by atoms with E-state index in [-0.39, 0.29) is 0 Å². The van der Waals surface area contributed by atoms with E-state index in [0.717, 1.165) is 25.1 Å². The highest BCUT2D eigenvalue weighted by atomic mass is 16.5. The van der Waals surface area contributed by atoms with Crippen LogP contribution in [0.3, 0.4) is 0 Å². The number of pyridine rings is 1. The molecule has 2 aromatic rings. The molecule has 2 rings (SSSR count). The van der Waals surface area contributed by atoms with E-state index in [0.29, 0.717) is 17.4 Å². The second-order valence-corrected chi connectivity index (χ2v) is 4.43. The Labute approximate surface area is 119 Å². The molecule has 20 heavy (non-hydrogen) atoms. The minimum absolute atomic E-state index is 0.574. The third-order valence-electron chi connectivity index (χ3n) is 2.84. The lowest BCUT2D eigenvalue weighted by atomic mass is 10.2. The highest BCUT2D eigenvalue weighted by molar-refractivity contribution is 5.41. The van der Waals surface area contributed by atoms with Gasteiger partial charge in [-0.05, 0) is 36.7 Å². The molecule has 4 heteroatoms. The summed E-state index contributed by atoms with van der Waals surface area (Å²) in [5, 5.41) is 3.36. The van der Waals surface area contributed by atoms with Crippen LogP contribution in [0, 0.1) is 0 Å².